The molecule has 1 atom stereocenters. The van der Waals surface area contributed by atoms with Crippen molar-refractivity contribution in [3.63, 3.8) is 0 Å². The summed E-state index contributed by atoms with van der Waals surface area (Å²) in [5, 5.41) is 2.70. The highest BCUT2D eigenvalue weighted by Crippen LogP contribution is 2.26. The summed E-state index contributed by atoms with van der Waals surface area (Å²) in [4.78, 5) is 29.6. The molecule has 0 radical (unpaired) electrons. The van der Waals surface area contributed by atoms with Gasteiger partial charge < -0.3 is 14.2 Å². The van der Waals surface area contributed by atoms with Gasteiger partial charge in [-0.05, 0) is 25.5 Å². The van der Waals surface area contributed by atoms with Crippen LogP contribution in [0.25, 0.3) is 11.0 Å². The third-order valence-corrected chi connectivity index (χ3v) is 4.72. The molecule has 10 heteroatoms. The van der Waals surface area contributed by atoms with E-state index in [1.807, 2.05) is 35.8 Å². The van der Waals surface area contributed by atoms with Gasteiger partial charge in [0.05, 0.1) is 17.0 Å². The van der Waals surface area contributed by atoms with Crippen LogP contribution >= 0.6 is 0 Å². The average Bonchev–Trinajstić information content (AvgIpc) is 3.18. The van der Waals surface area contributed by atoms with Crippen LogP contribution in [-0.4, -0.2) is 58.7 Å². The van der Waals surface area contributed by atoms with E-state index in [4.69, 9.17) is 4.74 Å². The molecular weight excluding hydrogens is 389 g/mol. The summed E-state index contributed by atoms with van der Waals surface area (Å²) in [6.45, 7) is 2.03. The number of carbonyl (C=O) groups excluding carboxylic acids is 2. The Hall–Kier alpha value is -2.62. The topological polar surface area (TPSA) is 76.5 Å². The molecule has 7 nitrogen and oxygen atoms in total. The Morgan fingerprint density at radius 1 is 1.34 bits per heavy atom. The quantitative estimate of drug-likeness (QED) is 0.677. The number of aryl methyl sites for hydroxylation is 1. The summed E-state index contributed by atoms with van der Waals surface area (Å²) >= 11 is 0. The molecule has 1 aliphatic heterocycles. The number of hydrogen-bond acceptors (Lipinski definition) is 4. The summed E-state index contributed by atoms with van der Waals surface area (Å²) in [6, 6.07) is 7.38. The molecule has 1 aromatic carbocycles. The monoisotopic (exact) mass is 412 g/mol. The number of rotatable bonds is 8. The van der Waals surface area contributed by atoms with Gasteiger partial charge in [0.2, 0.25) is 17.8 Å². The molecule has 2 aromatic rings. The van der Waals surface area contributed by atoms with E-state index in [0.29, 0.717) is 42.5 Å². The fraction of sp³-hybridized carbons (Fsp3) is 0.526. The lowest BCUT2D eigenvalue weighted by Gasteiger charge is -2.18. The average molecular weight is 412 g/mol. The van der Waals surface area contributed by atoms with E-state index in [1.165, 1.54) is 0 Å². The van der Waals surface area contributed by atoms with Gasteiger partial charge in [0, 0.05) is 32.7 Å². The van der Waals surface area contributed by atoms with E-state index in [0.717, 1.165) is 5.52 Å². The van der Waals surface area contributed by atoms with E-state index in [-0.39, 0.29) is 13.0 Å². The molecule has 1 N–H and O–H groups in total. The SMILES string of the molecule is CCOCCCn1c(NC(=O)C2CC(=O)N(CC(F)(F)F)C2)nc2ccccc21. The Labute approximate surface area is 165 Å². The van der Waals surface area contributed by atoms with Crippen molar-refractivity contribution in [1.29, 1.82) is 0 Å². The number of likely N-dealkylation sites (tertiary alicyclic amines) is 1. The van der Waals surface area contributed by atoms with Crippen molar-refractivity contribution in [1.82, 2.24) is 14.5 Å². The number of nitrogens with zero attached hydrogens (tertiary/aromatic N) is 3. The fourth-order valence-electron chi connectivity index (χ4n) is 3.40. The molecule has 1 fully saturated rings. The second kappa shape index (κ2) is 8.81. The second-order valence-corrected chi connectivity index (χ2v) is 6.91. The Balaban J connectivity index is 1.72. The van der Waals surface area contributed by atoms with Crippen molar-refractivity contribution in [3.05, 3.63) is 24.3 Å². The maximum Gasteiger partial charge on any atom is 0.406 e. The lowest BCUT2D eigenvalue weighted by Crippen LogP contribution is -2.36. The number of anilines is 1. The zero-order valence-corrected chi connectivity index (χ0v) is 16.0. The van der Waals surface area contributed by atoms with Gasteiger partial charge in [0.1, 0.15) is 6.54 Å². The molecule has 1 aliphatic rings. The lowest BCUT2D eigenvalue weighted by molar-refractivity contribution is -0.157. The van der Waals surface area contributed by atoms with E-state index >= 15 is 0 Å². The van der Waals surface area contributed by atoms with Crippen LogP contribution in [0.2, 0.25) is 0 Å². The second-order valence-electron chi connectivity index (χ2n) is 6.91. The minimum Gasteiger partial charge on any atom is -0.382 e. The van der Waals surface area contributed by atoms with Crippen LogP contribution in [0, 0.1) is 5.92 Å². The summed E-state index contributed by atoms with van der Waals surface area (Å²) in [5.41, 5.74) is 1.53. The number of benzene rings is 1. The standard InChI is InChI=1S/C19H23F3N4O3/c1-2-29-9-5-8-26-15-7-4-3-6-14(15)23-18(26)24-17(28)13-10-16(27)25(11-13)12-19(20,21)22/h3-4,6-7,13H,2,5,8-12H2,1H3,(H,23,24,28). The van der Waals surface area contributed by atoms with Gasteiger partial charge in [-0.2, -0.15) is 13.2 Å². The fourth-order valence-corrected chi connectivity index (χ4v) is 3.40. The third kappa shape index (κ3) is 5.26. The molecule has 158 valence electrons. The van der Waals surface area contributed by atoms with E-state index in [2.05, 4.69) is 10.3 Å². The van der Waals surface area contributed by atoms with Crippen LogP contribution < -0.4 is 5.32 Å². The molecule has 0 bridgehead atoms. The van der Waals surface area contributed by atoms with Crippen LogP contribution in [0.5, 0.6) is 0 Å². The first-order chi connectivity index (χ1) is 13.8. The first-order valence-corrected chi connectivity index (χ1v) is 9.47. The Bertz CT molecular complexity index is 881. The number of halogens is 3. The zero-order chi connectivity index (χ0) is 21.0. The van der Waals surface area contributed by atoms with Gasteiger partial charge in [-0.1, -0.05) is 12.1 Å². The van der Waals surface area contributed by atoms with Gasteiger partial charge >= 0.3 is 6.18 Å². The van der Waals surface area contributed by atoms with E-state index in [9.17, 15) is 22.8 Å². The van der Waals surface area contributed by atoms with Gasteiger partial charge in [0.25, 0.3) is 0 Å². The molecule has 3 rings (SSSR count). The molecule has 2 amide bonds. The molecule has 1 saturated heterocycles. The number of aromatic nitrogens is 2. The van der Waals surface area contributed by atoms with Gasteiger partial charge in [0.15, 0.2) is 0 Å². The van der Waals surface area contributed by atoms with Gasteiger partial charge in [-0.3, -0.25) is 14.9 Å². The summed E-state index contributed by atoms with van der Waals surface area (Å²) in [7, 11) is 0. The molecule has 0 aliphatic carbocycles. The minimum absolute atomic E-state index is 0.244. The first-order valence-electron chi connectivity index (χ1n) is 9.47. The highest BCUT2D eigenvalue weighted by molar-refractivity contribution is 5.97. The van der Waals surface area contributed by atoms with Crippen molar-refractivity contribution in [2.24, 2.45) is 5.92 Å². The number of fused-ring (bicyclic) bond motifs is 1. The maximum atomic E-state index is 12.6. The number of amides is 2. The number of imidazole rings is 1. The molecule has 1 unspecified atom stereocenters. The Morgan fingerprint density at radius 3 is 2.83 bits per heavy atom. The van der Waals surface area contributed by atoms with E-state index < -0.39 is 30.5 Å². The van der Waals surface area contributed by atoms with Gasteiger partial charge in [-0.15, -0.1) is 0 Å². The minimum atomic E-state index is -4.49. The van der Waals surface area contributed by atoms with Crippen molar-refractivity contribution in [2.45, 2.75) is 32.5 Å². The number of para-hydroxylation sites is 2. The number of ether oxygens (including phenoxy) is 1. The van der Waals surface area contributed by atoms with Crippen molar-refractivity contribution < 1.29 is 27.5 Å². The summed E-state index contributed by atoms with van der Waals surface area (Å²) < 4.78 is 44.9. The number of carbonyl (C=O) groups is 2. The van der Waals surface area contributed by atoms with Crippen LogP contribution in [0.1, 0.15) is 19.8 Å². The molecule has 0 saturated carbocycles. The van der Waals surface area contributed by atoms with Crippen LogP contribution in [0.15, 0.2) is 24.3 Å². The smallest absolute Gasteiger partial charge is 0.382 e. The van der Waals surface area contributed by atoms with Gasteiger partial charge in [-0.25, -0.2) is 4.98 Å². The number of hydrogen-bond donors (Lipinski definition) is 1. The summed E-state index contributed by atoms with van der Waals surface area (Å²) in [5.74, 6) is -1.71. The normalized spacial score (nSPS) is 17.3. The highest BCUT2D eigenvalue weighted by atomic mass is 19.4. The maximum absolute atomic E-state index is 12.6. The van der Waals surface area contributed by atoms with E-state index in [1.54, 1.807) is 0 Å². The third-order valence-electron chi connectivity index (χ3n) is 4.72. The van der Waals surface area contributed by atoms with Crippen molar-refractivity contribution in [2.75, 3.05) is 31.6 Å². The predicted molar refractivity (Wildman–Crippen MR) is 100 cm³/mol. The number of alkyl halides is 3. The van der Waals surface area contributed by atoms with Crippen molar-refractivity contribution in [3.8, 4) is 0 Å². The first kappa shape index (κ1) is 21.1. The number of nitrogens with one attached hydrogen (secondary N) is 1. The molecule has 1 aromatic heterocycles. The Morgan fingerprint density at radius 2 is 2.10 bits per heavy atom. The summed E-state index contributed by atoms with van der Waals surface area (Å²) in [6.07, 6.45) is -4.03. The zero-order valence-electron chi connectivity index (χ0n) is 16.0. The molecule has 2 heterocycles. The molecule has 0 spiro atoms. The van der Waals surface area contributed by atoms with Crippen LogP contribution in [-0.2, 0) is 20.9 Å². The lowest BCUT2D eigenvalue weighted by atomic mass is 10.1. The Kier molecular flexibility index (Phi) is 6.41. The van der Waals surface area contributed by atoms with Crippen LogP contribution in [0.3, 0.4) is 0 Å². The van der Waals surface area contributed by atoms with Crippen molar-refractivity contribution >= 4 is 28.8 Å². The molecule has 29 heavy (non-hydrogen) atoms. The predicted octanol–water partition coefficient (Wildman–Crippen LogP) is 2.81. The van der Waals surface area contributed by atoms with Crippen LogP contribution in [0.4, 0.5) is 19.1 Å². The highest BCUT2D eigenvalue weighted by Gasteiger charge is 2.40. The largest absolute Gasteiger partial charge is 0.406 e. The molecular formula is C19H23F3N4O3.